The molecule has 1 saturated carbocycles. The van der Waals surface area contributed by atoms with Crippen molar-refractivity contribution in [3.8, 4) is 0 Å². The number of rotatable bonds is 5. The predicted molar refractivity (Wildman–Crippen MR) is 65.4 cm³/mol. The SMILES string of the molecule is O=C(CNC1CCCC1)Cc1ccc(F)cc1. The summed E-state index contributed by atoms with van der Waals surface area (Å²) < 4.78 is 12.7. The molecule has 1 aliphatic carbocycles. The number of carbonyl (C=O) groups is 1. The Kier molecular flexibility index (Phi) is 4.26. The van der Waals surface area contributed by atoms with E-state index in [1.54, 1.807) is 12.1 Å². The molecule has 1 aromatic rings. The lowest BCUT2D eigenvalue weighted by atomic mass is 10.1. The summed E-state index contributed by atoms with van der Waals surface area (Å²) in [5.41, 5.74) is 0.879. The van der Waals surface area contributed by atoms with Crippen LogP contribution in [0, 0.1) is 5.82 Å². The van der Waals surface area contributed by atoms with Crippen LogP contribution in [-0.2, 0) is 11.2 Å². The fraction of sp³-hybridized carbons (Fsp3) is 0.500. The van der Waals surface area contributed by atoms with Crippen LogP contribution in [0.3, 0.4) is 0 Å². The number of carbonyl (C=O) groups excluding carboxylic acids is 1. The van der Waals surface area contributed by atoms with Gasteiger partial charge in [-0.15, -0.1) is 0 Å². The largest absolute Gasteiger partial charge is 0.307 e. The first-order valence-corrected chi connectivity index (χ1v) is 6.23. The van der Waals surface area contributed by atoms with E-state index >= 15 is 0 Å². The number of ketones is 1. The van der Waals surface area contributed by atoms with Crippen LogP contribution < -0.4 is 5.32 Å². The van der Waals surface area contributed by atoms with E-state index in [2.05, 4.69) is 5.32 Å². The number of benzene rings is 1. The average molecular weight is 235 g/mol. The van der Waals surface area contributed by atoms with E-state index in [0.29, 0.717) is 19.0 Å². The van der Waals surface area contributed by atoms with Gasteiger partial charge in [0.2, 0.25) is 0 Å². The van der Waals surface area contributed by atoms with Crippen molar-refractivity contribution in [2.45, 2.75) is 38.1 Å². The Morgan fingerprint density at radius 3 is 2.53 bits per heavy atom. The molecule has 0 aromatic heterocycles. The molecule has 0 aliphatic heterocycles. The quantitative estimate of drug-likeness (QED) is 0.849. The van der Waals surface area contributed by atoms with Crippen molar-refractivity contribution in [1.29, 1.82) is 0 Å². The molecule has 1 aromatic carbocycles. The van der Waals surface area contributed by atoms with Gasteiger partial charge in [-0.25, -0.2) is 4.39 Å². The van der Waals surface area contributed by atoms with Gasteiger partial charge >= 0.3 is 0 Å². The summed E-state index contributed by atoms with van der Waals surface area (Å²) in [5.74, 6) is -0.0891. The molecule has 1 N–H and O–H groups in total. The molecule has 2 rings (SSSR count). The minimum Gasteiger partial charge on any atom is -0.307 e. The summed E-state index contributed by atoms with van der Waals surface area (Å²) >= 11 is 0. The maximum absolute atomic E-state index is 12.7. The van der Waals surface area contributed by atoms with Gasteiger partial charge in [-0.3, -0.25) is 4.79 Å². The molecular formula is C14H18FNO. The van der Waals surface area contributed by atoms with Crippen LogP contribution >= 0.6 is 0 Å². The summed E-state index contributed by atoms with van der Waals surface area (Å²) in [7, 11) is 0. The topological polar surface area (TPSA) is 29.1 Å². The average Bonchev–Trinajstić information content (AvgIpc) is 2.83. The van der Waals surface area contributed by atoms with Gasteiger partial charge in [0.05, 0.1) is 6.54 Å². The van der Waals surface area contributed by atoms with E-state index in [9.17, 15) is 9.18 Å². The van der Waals surface area contributed by atoms with Crippen molar-refractivity contribution >= 4 is 5.78 Å². The molecule has 0 spiro atoms. The Balaban J connectivity index is 1.74. The summed E-state index contributed by atoms with van der Waals surface area (Å²) in [6.07, 6.45) is 5.29. The Morgan fingerprint density at radius 2 is 1.88 bits per heavy atom. The maximum Gasteiger partial charge on any atom is 0.150 e. The third-order valence-corrected chi connectivity index (χ3v) is 3.26. The first kappa shape index (κ1) is 12.2. The van der Waals surface area contributed by atoms with Crippen LogP contribution in [0.4, 0.5) is 4.39 Å². The molecular weight excluding hydrogens is 217 g/mol. The summed E-state index contributed by atoms with van der Waals surface area (Å²) in [5, 5.41) is 3.29. The number of nitrogens with one attached hydrogen (secondary N) is 1. The smallest absolute Gasteiger partial charge is 0.150 e. The number of Topliss-reactive ketones (excluding diaryl/α,β-unsaturated/α-hetero) is 1. The van der Waals surface area contributed by atoms with Gasteiger partial charge < -0.3 is 5.32 Å². The monoisotopic (exact) mass is 235 g/mol. The molecule has 0 radical (unpaired) electrons. The number of hydrogen-bond donors (Lipinski definition) is 1. The molecule has 1 aliphatic rings. The maximum atomic E-state index is 12.7. The molecule has 2 nitrogen and oxygen atoms in total. The van der Waals surface area contributed by atoms with Crippen molar-refractivity contribution in [2.24, 2.45) is 0 Å². The van der Waals surface area contributed by atoms with E-state index < -0.39 is 0 Å². The van der Waals surface area contributed by atoms with E-state index in [4.69, 9.17) is 0 Å². The Labute approximate surface area is 101 Å². The first-order chi connectivity index (χ1) is 8.24. The van der Waals surface area contributed by atoms with Crippen LogP contribution in [0.1, 0.15) is 31.2 Å². The van der Waals surface area contributed by atoms with Crippen molar-refractivity contribution < 1.29 is 9.18 Å². The lowest BCUT2D eigenvalue weighted by molar-refractivity contribution is -0.117. The molecule has 3 heteroatoms. The fourth-order valence-electron chi connectivity index (χ4n) is 2.28. The standard InChI is InChI=1S/C14H18FNO/c15-12-7-5-11(6-8-12)9-14(17)10-16-13-3-1-2-4-13/h5-8,13,16H,1-4,9-10H2. The summed E-state index contributed by atoms with van der Waals surface area (Å²) in [6.45, 7) is 0.433. The predicted octanol–water partition coefficient (Wildman–Crippen LogP) is 2.47. The zero-order chi connectivity index (χ0) is 12.1. The molecule has 0 atom stereocenters. The molecule has 0 bridgehead atoms. The van der Waals surface area contributed by atoms with Crippen LogP contribution in [0.2, 0.25) is 0 Å². The van der Waals surface area contributed by atoms with Gasteiger partial charge in [0.15, 0.2) is 5.78 Å². The van der Waals surface area contributed by atoms with Crippen molar-refractivity contribution in [3.63, 3.8) is 0 Å². The van der Waals surface area contributed by atoms with Crippen molar-refractivity contribution in [2.75, 3.05) is 6.54 Å². The Hall–Kier alpha value is -1.22. The lowest BCUT2D eigenvalue weighted by Gasteiger charge is -2.10. The first-order valence-electron chi connectivity index (χ1n) is 6.23. The van der Waals surface area contributed by atoms with Crippen molar-refractivity contribution in [3.05, 3.63) is 35.6 Å². The molecule has 1 fully saturated rings. The highest BCUT2D eigenvalue weighted by Gasteiger charge is 2.15. The van der Waals surface area contributed by atoms with Gasteiger partial charge in [0, 0.05) is 12.5 Å². The second kappa shape index (κ2) is 5.92. The molecule has 0 heterocycles. The lowest BCUT2D eigenvalue weighted by Crippen LogP contribution is -2.32. The van der Waals surface area contributed by atoms with Gasteiger partial charge in [-0.05, 0) is 30.5 Å². The van der Waals surface area contributed by atoms with Crippen LogP contribution in [0.25, 0.3) is 0 Å². The second-order valence-corrected chi connectivity index (χ2v) is 4.70. The molecule has 17 heavy (non-hydrogen) atoms. The molecule has 0 saturated heterocycles. The van der Waals surface area contributed by atoms with Gasteiger partial charge in [-0.2, -0.15) is 0 Å². The van der Waals surface area contributed by atoms with Crippen LogP contribution in [-0.4, -0.2) is 18.4 Å². The zero-order valence-corrected chi connectivity index (χ0v) is 9.92. The third-order valence-electron chi connectivity index (χ3n) is 3.26. The highest BCUT2D eigenvalue weighted by Crippen LogP contribution is 2.17. The molecule has 0 amide bonds. The second-order valence-electron chi connectivity index (χ2n) is 4.70. The van der Waals surface area contributed by atoms with Crippen molar-refractivity contribution in [1.82, 2.24) is 5.32 Å². The number of hydrogen-bond acceptors (Lipinski definition) is 2. The molecule has 92 valence electrons. The van der Waals surface area contributed by atoms with Gasteiger partial charge in [-0.1, -0.05) is 25.0 Å². The van der Waals surface area contributed by atoms with E-state index in [1.807, 2.05) is 0 Å². The number of halogens is 1. The normalized spacial score (nSPS) is 16.3. The van der Waals surface area contributed by atoms with Gasteiger partial charge in [0.25, 0.3) is 0 Å². The Bertz CT molecular complexity index is 368. The highest BCUT2D eigenvalue weighted by atomic mass is 19.1. The van der Waals surface area contributed by atoms with E-state index in [1.165, 1.54) is 37.8 Å². The minimum absolute atomic E-state index is 0.170. The van der Waals surface area contributed by atoms with Gasteiger partial charge in [0.1, 0.15) is 5.82 Å². The van der Waals surface area contributed by atoms with Crippen LogP contribution in [0.15, 0.2) is 24.3 Å². The zero-order valence-electron chi connectivity index (χ0n) is 9.92. The summed E-state index contributed by atoms with van der Waals surface area (Å²) in [4.78, 5) is 11.7. The minimum atomic E-state index is -0.259. The fourth-order valence-corrected chi connectivity index (χ4v) is 2.28. The van der Waals surface area contributed by atoms with E-state index in [0.717, 1.165) is 5.56 Å². The molecule has 0 unspecified atom stereocenters. The van der Waals surface area contributed by atoms with Crippen LogP contribution in [0.5, 0.6) is 0 Å². The summed E-state index contributed by atoms with van der Waals surface area (Å²) in [6, 6.07) is 6.65. The van der Waals surface area contributed by atoms with E-state index in [-0.39, 0.29) is 11.6 Å². The Morgan fingerprint density at radius 1 is 1.24 bits per heavy atom. The third kappa shape index (κ3) is 3.93. The highest BCUT2D eigenvalue weighted by molar-refractivity contribution is 5.82.